The lowest BCUT2D eigenvalue weighted by Crippen LogP contribution is -2.16. The average Bonchev–Trinajstić information content (AvgIpc) is 2.75. The molecule has 170 valence electrons. The van der Waals surface area contributed by atoms with E-state index in [-0.39, 0.29) is 22.2 Å². The van der Waals surface area contributed by atoms with Gasteiger partial charge in [-0.05, 0) is 49.4 Å². The number of nitrogens with zero attached hydrogens (tertiary/aromatic N) is 2. The van der Waals surface area contributed by atoms with E-state index in [1.165, 1.54) is 18.2 Å². The molecule has 0 amide bonds. The molecule has 0 saturated heterocycles. The predicted molar refractivity (Wildman–Crippen MR) is 121 cm³/mol. The van der Waals surface area contributed by atoms with Crippen LogP contribution >= 0.6 is 11.6 Å². The second kappa shape index (κ2) is 8.53. The van der Waals surface area contributed by atoms with Gasteiger partial charge in [0, 0.05) is 5.69 Å². The summed E-state index contributed by atoms with van der Waals surface area (Å²) in [5.41, 5.74) is 0.668. The molecule has 0 unspecified atom stereocenters. The SMILES string of the molecule is Cc1ccc(S(=O)(=O)Nc2nc3ccccc3nc2Nc2ccc(Cl)c(C(F)(F)F)c2)cc1. The van der Waals surface area contributed by atoms with Crippen LogP contribution in [0.2, 0.25) is 5.02 Å². The summed E-state index contributed by atoms with van der Waals surface area (Å²) < 4.78 is 68.0. The molecule has 0 aliphatic heterocycles. The summed E-state index contributed by atoms with van der Waals surface area (Å²) in [7, 11) is -4.05. The number of sulfonamides is 1. The Morgan fingerprint density at radius 3 is 2.09 bits per heavy atom. The van der Waals surface area contributed by atoms with Crippen LogP contribution in [0.15, 0.2) is 71.6 Å². The van der Waals surface area contributed by atoms with Crippen molar-refractivity contribution < 1.29 is 21.6 Å². The van der Waals surface area contributed by atoms with Crippen molar-refractivity contribution in [1.82, 2.24) is 9.97 Å². The molecule has 33 heavy (non-hydrogen) atoms. The third kappa shape index (κ3) is 5.01. The fourth-order valence-electron chi connectivity index (χ4n) is 3.02. The lowest BCUT2D eigenvalue weighted by molar-refractivity contribution is -0.137. The summed E-state index contributed by atoms with van der Waals surface area (Å²) in [6.45, 7) is 1.82. The Kier molecular flexibility index (Phi) is 5.89. The summed E-state index contributed by atoms with van der Waals surface area (Å²) in [4.78, 5) is 8.69. The number of fused-ring (bicyclic) bond motifs is 1. The second-order valence-electron chi connectivity index (χ2n) is 7.15. The standard InChI is InChI=1S/C22H16ClF3N4O2S/c1-13-6-9-15(10-7-13)33(31,32)30-21-20(28-18-4-2-3-5-19(18)29-21)27-14-8-11-17(23)16(12-14)22(24,25)26/h2-12H,1H3,(H,27,28)(H,29,30). The zero-order valence-corrected chi connectivity index (χ0v) is 18.6. The van der Waals surface area contributed by atoms with Crippen LogP contribution in [0.4, 0.5) is 30.5 Å². The zero-order chi connectivity index (χ0) is 23.8. The summed E-state index contributed by atoms with van der Waals surface area (Å²) in [5.74, 6) is -0.238. The number of halogens is 4. The molecule has 0 atom stereocenters. The Hall–Kier alpha value is -3.37. The Morgan fingerprint density at radius 2 is 1.48 bits per heavy atom. The van der Waals surface area contributed by atoms with E-state index < -0.39 is 26.8 Å². The molecule has 6 nitrogen and oxygen atoms in total. The highest BCUT2D eigenvalue weighted by molar-refractivity contribution is 7.92. The molecular formula is C22H16ClF3N4O2S. The maximum Gasteiger partial charge on any atom is 0.417 e. The van der Waals surface area contributed by atoms with E-state index in [1.807, 2.05) is 6.92 Å². The van der Waals surface area contributed by atoms with Crippen LogP contribution in [0.3, 0.4) is 0 Å². The molecule has 0 spiro atoms. The Labute approximate surface area is 192 Å². The maximum absolute atomic E-state index is 13.3. The van der Waals surface area contributed by atoms with Crippen molar-refractivity contribution in [2.24, 2.45) is 0 Å². The van der Waals surface area contributed by atoms with E-state index in [9.17, 15) is 21.6 Å². The highest BCUT2D eigenvalue weighted by Gasteiger charge is 2.33. The van der Waals surface area contributed by atoms with Gasteiger partial charge in [-0.1, -0.05) is 41.4 Å². The summed E-state index contributed by atoms with van der Waals surface area (Å²) in [6, 6.07) is 16.1. The Morgan fingerprint density at radius 1 is 0.879 bits per heavy atom. The number of nitrogens with one attached hydrogen (secondary N) is 2. The van der Waals surface area contributed by atoms with E-state index >= 15 is 0 Å². The number of rotatable bonds is 5. The minimum atomic E-state index is -4.67. The lowest BCUT2D eigenvalue weighted by Gasteiger charge is -2.15. The molecule has 2 N–H and O–H groups in total. The van der Waals surface area contributed by atoms with Gasteiger partial charge in [0.15, 0.2) is 11.6 Å². The zero-order valence-electron chi connectivity index (χ0n) is 17.0. The molecule has 4 rings (SSSR count). The van der Waals surface area contributed by atoms with E-state index in [0.29, 0.717) is 11.0 Å². The minimum absolute atomic E-state index is 0.000130. The van der Waals surface area contributed by atoms with Gasteiger partial charge in [0.1, 0.15) is 0 Å². The molecule has 1 aromatic heterocycles. The summed E-state index contributed by atoms with van der Waals surface area (Å²) in [6.07, 6.45) is -4.67. The number of para-hydroxylation sites is 2. The first-order valence-electron chi connectivity index (χ1n) is 9.53. The largest absolute Gasteiger partial charge is 0.417 e. The third-order valence-corrected chi connectivity index (χ3v) is 6.35. The number of hydrogen-bond acceptors (Lipinski definition) is 5. The van der Waals surface area contributed by atoms with Crippen molar-refractivity contribution in [3.05, 3.63) is 82.9 Å². The number of benzene rings is 3. The molecule has 0 aliphatic rings. The van der Waals surface area contributed by atoms with Crippen LogP contribution in [0.5, 0.6) is 0 Å². The van der Waals surface area contributed by atoms with Gasteiger partial charge in [-0.15, -0.1) is 0 Å². The highest BCUT2D eigenvalue weighted by atomic mass is 35.5. The molecule has 0 saturated carbocycles. The molecule has 3 aromatic carbocycles. The smallest absolute Gasteiger partial charge is 0.337 e. The fraction of sp³-hybridized carbons (Fsp3) is 0.0909. The first kappa shape index (κ1) is 22.8. The number of aryl methyl sites for hydroxylation is 1. The summed E-state index contributed by atoms with van der Waals surface area (Å²) >= 11 is 5.69. The predicted octanol–water partition coefficient (Wildman–Crippen LogP) is 6.15. The first-order chi connectivity index (χ1) is 15.5. The maximum atomic E-state index is 13.3. The van der Waals surface area contributed by atoms with E-state index in [0.717, 1.165) is 17.7 Å². The van der Waals surface area contributed by atoms with Gasteiger partial charge < -0.3 is 5.32 Å². The van der Waals surface area contributed by atoms with Gasteiger partial charge in [-0.3, -0.25) is 4.72 Å². The molecule has 0 aliphatic carbocycles. The number of anilines is 3. The fourth-order valence-corrected chi connectivity index (χ4v) is 4.25. The summed E-state index contributed by atoms with van der Waals surface area (Å²) in [5, 5.41) is 2.27. The topological polar surface area (TPSA) is 84.0 Å². The number of aromatic nitrogens is 2. The molecule has 1 heterocycles. The van der Waals surface area contributed by atoms with Crippen LogP contribution in [0.1, 0.15) is 11.1 Å². The molecule has 11 heteroatoms. The van der Waals surface area contributed by atoms with Gasteiger partial charge in [-0.2, -0.15) is 13.2 Å². The molecule has 0 bridgehead atoms. The first-order valence-corrected chi connectivity index (χ1v) is 11.4. The van der Waals surface area contributed by atoms with Crippen LogP contribution in [-0.2, 0) is 16.2 Å². The van der Waals surface area contributed by atoms with Gasteiger partial charge >= 0.3 is 6.18 Å². The molecule has 4 aromatic rings. The van der Waals surface area contributed by atoms with Gasteiger partial charge in [0.05, 0.1) is 26.5 Å². The van der Waals surface area contributed by atoms with Gasteiger partial charge in [0.2, 0.25) is 0 Å². The Bertz CT molecular complexity index is 1440. The highest BCUT2D eigenvalue weighted by Crippen LogP contribution is 2.37. The lowest BCUT2D eigenvalue weighted by atomic mass is 10.2. The van der Waals surface area contributed by atoms with E-state index in [4.69, 9.17) is 11.6 Å². The molecular weight excluding hydrogens is 477 g/mol. The van der Waals surface area contributed by atoms with Crippen LogP contribution < -0.4 is 10.0 Å². The third-order valence-electron chi connectivity index (χ3n) is 4.67. The van der Waals surface area contributed by atoms with Crippen molar-refractivity contribution in [2.45, 2.75) is 18.0 Å². The number of alkyl halides is 3. The van der Waals surface area contributed by atoms with Crippen molar-refractivity contribution in [1.29, 1.82) is 0 Å². The Balaban J connectivity index is 1.78. The van der Waals surface area contributed by atoms with Crippen molar-refractivity contribution in [3.63, 3.8) is 0 Å². The monoisotopic (exact) mass is 492 g/mol. The second-order valence-corrected chi connectivity index (χ2v) is 9.24. The van der Waals surface area contributed by atoms with Crippen LogP contribution in [0.25, 0.3) is 11.0 Å². The molecule has 0 radical (unpaired) electrons. The van der Waals surface area contributed by atoms with Gasteiger partial charge in [0.25, 0.3) is 10.0 Å². The minimum Gasteiger partial charge on any atom is -0.337 e. The average molecular weight is 493 g/mol. The van der Waals surface area contributed by atoms with Crippen LogP contribution in [-0.4, -0.2) is 18.4 Å². The van der Waals surface area contributed by atoms with Crippen molar-refractivity contribution in [3.8, 4) is 0 Å². The normalized spacial score (nSPS) is 12.0. The van der Waals surface area contributed by atoms with Crippen molar-refractivity contribution in [2.75, 3.05) is 10.0 Å². The van der Waals surface area contributed by atoms with E-state index in [1.54, 1.807) is 36.4 Å². The molecule has 0 fully saturated rings. The number of hydrogen-bond donors (Lipinski definition) is 2. The van der Waals surface area contributed by atoms with Gasteiger partial charge in [-0.25, -0.2) is 18.4 Å². The van der Waals surface area contributed by atoms with E-state index in [2.05, 4.69) is 20.0 Å². The van der Waals surface area contributed by atoms with Crippen molar-refractivity contribution >= 4 is 50.0 Å². The van der Waals surface area contributed by atoms with Crippen LogP contribution in [0, 0.1) is 6.92 Å². The quantitative estimate of drug-likeness (QED) is 0.349.